The Morgan fingerprint density at radius 3 is 2.86 bits per heavy atom. The van der Waals surface area contributed by atoms with Crippen LogP contribution in [0.2, 0.25) is 0 Å². The fourth-order valence-corrected chi connectivity index (χ4v) is 4.23. The second-order valence-electron chi connectivity index (χ2n) is 5.72. The van der Waals surface area contributed by atoms with Crippen LogP contribution in [0.3, 0.4) is 0 Å². The first-order chi connectivity index (χ1) is 10.8. The number of nitriles is 1. The van der Waals surface area contributed by atoms with Crippen molar-refractivity contribution in [1.29, 1.82) is 5.26 Å². The molecule has 110 valence electrons. The molecule has 1 aliphatic rings. The van der Waals surface area contributed by atoms with E-state index in [1.165, 1.54) is 36.8 Å². The summed E-state index contributed by atoms with van der Waals surface area (Å²) in [5, 5.41) is 9.80. The highest BCUT2D eigenvalue weighted by Gasteiger charge is 2.19. The van der Waals surface area contributed by atoms with Crippen LogP contribution in [-0.4, -0.2) is 14.5 Å². The van der Waals surface area contributed by atoms with Crippen molar-refractivity contribution in [2.75, 3.05) is 0 Å². The van der Waals surface area contributed by atoms with Crippen LogP contribution in [0, 0.1) is 11.3 Å². The number of pyridine rings is 1. The van der Waals surface area contributed by atoms with E-state index in [0.29, 0.717) is 15.8 Å². The van der Waals surface area contributed by atoms with Gasteiger partial charge in [-0.1, -0.05) is 19.3 Å². The molecule has 3 heterocycles. The number of fused-ring (bicyclic) bond motifs is 3. The molecule has 0 spiro atoms. The molecular weight excluding hydrogens is 296 g/mol. The van der Waals surface area contributed by atoms with Crippen LogP contribution >= 0.6 is 11.3 Å². The minimum atomic E-state index is 0.0263. The molecule has 0 bridgehead atoms. The molecule has 0 atom stereocenters. The highest BCUT2D eigenvalue weighted by Crippen LogP contribution is 2.31. The zero-order valence-corrected chi connectivity index (χ0v) is 12.8. The summed E-state index contributed by atoms with van der Waals surface area (Å²) in [4.78, 5) is 22.3. The second kappa shape index (κ2) is 5.18. The topological polar surface area (TPSA) is 71.6 Å². The van der Waals surface area contributed by atoms with Gasteiger partial charge in [0.25, 0.3) is 5.56 Å². The number of rotatable bonds is 1. The molecule has 5 nitrogen and oxygen atoms in total. The lowest BCUT2D eigenvalue weighted by Gasteiger charge is -2.23. The van der Waals surface area contributed by atoms with Crippen molar-refractivity contribution in [3.8, 4) is 6.07 Å². The van der Waals surface area contributed by atoms with Crippen molar-refractivity contribution >= 4 is 31.8 Å². The van der Waals surface area contributed by atoms with E-state index in [9.17, 15) is 4.79 Å². The van der Waals surface area contributed by atoms with Crippen LogP contribution in [0.1, 0.15) is 43.7 Å². The summed E-state index contributed by atoms with van der Waals surface area (Å²) in [6.07, 6.45) is 8.92. The lowest BCUT2D eigenvalue weighted by molar-refractivity contribution is 0.345. The third-order valence-electron chi connectivity index (χ3n) is 4.36. The highest BCUT2D eigenvalue weighted by molar-refractivity contribution is 7.25. The fraction of sp³-hybridized carbons (Fsp3) is 0.375. The van der Waals surface area contributed by atoms with Crippen LogP contribution in [0.4, 0.5) is 0 Å². The molecule has 0 saturated heterocycles. The van der Waals surface area contributed by atoms with Crippen LogP contribution < -0.4 is 5.56 Å². The first-order valence-corrected chi connectivity index (χ1v) is 8.29. The van der Waals surface area contributed by atoms with Crippen molar-refractivity contribution < 1.29 is 0 Å². The normalized spacial score (nSPS) is 16.1. The van der Waals surface area contributed by atoms with Gasteiger partial charge < -0.3 is 0 Å². The van der Waals surface area contributed by atoms with Crippen molar-refractivity contribution in [3.05, 3.63) is 34.5 Å². The van der Waals surface area contributed by atoms with E-state index in [-0.39, 0.29) is 11.6 Å². The molecule has 22 heavy (non-hydrogen) atoms. The van der Waals surface area contributed by atoms with Crippen molar-refractivity contribution in [1.82, 2.24) is 14.5 Å². The SMILES string of the molecule is N#Cc1cnc2sc3c(=O)n(C4CCCCC4)cnc3c2c1. The van der Waals surface area contributed by atoms with Gasteiger partial charge in [-0.3, -0.25) is 9.36 Å². The van der Waals surface area contributed by atoms with Crippen LogP contribution in [0.5, 0.6) is 0 Å². The Balaban J connectivity index is 1.94. The standard InChI is InChI=1S/C16H14N4OS/c17-7-10-6-12-13-14(22-15(12)18-8-10)16(21)20(9-19-13)11-4-2-1-3-5-11/h6,8-9,11H,1-5H2. The van der Waals surface area contributed by atoms with Gasteiger partial charge in [0, 0.05) is 17.6 Å². The molecular formula is C16H14N4OS. The van der Waals surface area contributed by atoms with E-state index in [1.807, 2.05) is 0 Å². The second-order valence-corrected chi connectivity index (χ2v) is 6.72. The summed E-state index contributed by atoms with van der Waals surface area (Å²) >= 11 is 1.37. The number of nitrogens with zero attached hydrogens (tertiary/aromatic N) is 4. The quantitative estimate of drug-likeness (QED) is 0.690. The number of hydrogen-bond donors (Lipinski definition) is 0. The average Bonchev–Trinajstić information content (AvgIpc) is 2.95. The summed E-state index contributed by atoms with van der Waals surface area (Å²) in [5.74, 6) is 0. The lowest BCUT2D eigenvalue weighted by atomic mass is 9.95. The largest absolute Gasteiger partial charge is 0.295 e. The molecule has 1 aliphatic carbocycles. The Bertz CT molecular complexity index is 960. The van der Waals surface area contributed by atoms with E-state index in [1.54, 1.807) is 17.0 Å². The summed E-state index contributed by atoms with van der Waals surface area (Å²) in [7, 11) is 0. The Morgan fingerprint density at radius 2 is 2.09 bits per heavy atom. The maximum absolute atomic E-state index is 12.8. The Labute approximate surface area is 130 Å². The smallest absolute Gasteiger partial charge is 0.271 e. The van der Waals surface area contributed by atoms with Gasteiger partial charge in [0.2, 0.25) is 0 Å². The van der Waals surface area contributed by atoms with Crippen LogP contribution in [0.25, 0.3) is 20.4 Å². The average molecular weight is 310 g/mol. The molecule has 0 N–H and O–H groups in total. The van der Waals surface area contributed by atoms with Gasteiger partial charge in [0.15, 0.2) is 0 Å². The molecule has 3 aromatic rings. The third kappa shape index (κ3) is 2.01. The van der Waals surface area contributed by atoms with Gasteiger partial charge in [-0.2, -0.15) is 5.26 Å². The van der Waals surface area contributed by atoms with E-state index in [2.05, 4.69) is 16.0 Å². The maximum Gasteiger partial charge on any atom is 0.271 e. The third-order valence-corrected chi connectivity index (χ3v) is 5.45. The van der Waals surface area contributed by atoms with Crippen molar-refractivity contribution in [3.63, 3.8) is 0 Å². The Hall–Kier alpha value is -2.26. The molecule has 0 aromatic carbocycles. The van der Waals surface area contributed by atoms with Crippen LogP contribution in [-0.2, 0) is 0 Å². The van der Waals surface area contributed by atoms with E-state index in [4.69, 9.17) is 5.26 Å². The predicted octanol–water partition coefficient (Wildman–Crippen LogP) is 3.38. The van der Waals surface area contributed by atoms with E-state index < -0.39 is 0 Å². The molecule has 1 fully saturated rings. The molecule has 0 unspecified atom stereocenters. The number of hydrogen-bond acceptors (Lipinski definition) is 5. The van der Waals surface area contributed by atoms with Crippen LogP contribution in [0.15, 0.2) is 23.4 Å². The minimum Gasteiger partial charge on any atom is -0.295 e. The van der Waals surface area contributed by atoms with E-state index in [0.717, 1.165) is 23.1 Å². The minimum absolute atomic E-state index is 0.0263. The number of aromatic nitrogens is 3. The van der Waals surface area contributed by atoms with Crippen molar-refractivity contribution in [2.24, 2.45) is 0 Å². The molecule has 1 saturated carbocycles. The predicted molar refractivity (Wildman–Crippen MR) is 86.0 cm³/mol. The Kier molecular flexibility index (Phi) is 3.16. The molecule has 0 aliphatic heterocycles. The van der Waals surface area contributed by atoms with Gasteiger partial charge in [0.1, 0.15) is 15.6 Å². The maximum atomic E-state index is 12.8. The molecule has 4 rings (SSSR count). The van der Waals surface area contributed by atoms with Gasteiger partial charge >= 0.3 is 0 Å². The summed E-state index contributed by atoms with van der Waals surface area (Å²) in [5.41, 5.74) is 1.19. The summed E-state index contributed by atoms with van der Waals surface area (Å²) in [6.45, 7) is 0. The summed E-state index contributed by atoms with van der Waals surface area (Å²) in [6, 6.07) is 4.11. The van der Waals surface area contributed by atoms with Gasteiger partial charge in [-0.25, -0.2) is 9.97 Å². The molecule has 0 radical (unpaired) electrons. The first-order valence-electron chi connectivity index (χ1n) is 7.47. The molecule has 3 aromatic heterocycles. The zero-order chi connectivity index (χ0) is 15.1. The molecule has 0 amide bonds. The fourth-order valence-electron chi connectivity index (χ4n) is 3.21. The van der Waals surface area contributed by atoms with Gasteiger partial charge in [-0.15, -0.1) is 11.3 Å². The zero-order valence-electron chi connectivity index (χ0n) is 12.0. The lowest BCUT2D eigenvalue weighted by Crippen LogP contribution is -2.26. The van der Waals surface area contributed by atoms with Gasteiger partial charge in [0.05, 0.1) is 17.4 Å². The van der Waals surface area contributed by atoms with E-state index >= 15 is 0 Å². The number of thiophene rings is 1. The molecule has 6 heteroatoms. The monoisotopic (exact) mass is 310 g/mol. The first kappa shape index (κ1) is 13.4. The highest BCUT2D eigenvalue weighted by atomic mass is 32.1. The summed E-state index contributed by atoms with van der Waals surface area (Å²) < 4.78 is 2.44. The van der Waals surface area contributed by atoms with Gasteiger partial charge in [-0.05, 0) is 18.9 Å². The Morgan fingerprint density at radius 1 is 1.27 bits per heavy atom. The van der Waals surface area contributed by atoms with Crippen molar-refractivity contribution in [2.45, 2.75) is 38.1 Å².